The molecule has 0 saturated heterocycles. The number of aromatic nitrogens is 2. The van der Waals surface area contributed by atoms with E-state index < -0.39 is 0 Å². The molecule has 0 amide bonds. The van der Waals surface area contributed by atoms with E-state index in [4.69, 9.17) is 5.73 Å². The zero-order valence-electron chi connectivity index (χ0n) is 8.46. The van der Waals surface area contributed by atoms with Crippen molar-refractivity contribution in [1.29, 1.82) is 0 Å². The molecule has 4 N–H and O–H groups in total. The van der Waals surface area contributed by atoms with E-state index >= 15 is 0 Å². The number of hydrogen-bond donors (Lipinski definition) is 3. The fourth-order valence-electron chi connectivity index (χ4n) is 1.40. The number of benzene rings is 1. The third-order valence-electron chi connectivity index (χ3n) is 2.15. The molecule has 1 heterocycles. The summed E-state index contributed by atoms with van der Waals surface area (Å²) >= 11 is 0. The van der Waals surface area contributed by atoms with Crippen LogP contribution in [0.2, 0.25) is 0 Å². The number of hydrogen-bond acceptors (Lipinski definition) is 3. The van der Waals surface area contributed by atoms with Gasteiger partial charge in [0.15, 0.2) is 0 Å². The predicted molar refractivity (Wildman–Crippen MR) is 63.8 cm³/mol. The average Bonchev–Trinajstić information content (AvgIpc) is 2.60. The van der Waals surface area contributed by atoms with Crippen LogP contribution >= 0.6 is 0 Å². The Morgan fingerprint density at radius 3 is 3.20 bits per heavy atom. The Morgan fingerprint density at radius 2 is 2.40 bits per heavy atom. The summed E-state index contributed by atoms with van der Waals surface area (Å²) in [6, 6.07) is 5.62. The molecule has 0 spiro atoms. The molecule has 1 aromatic heterocycles. The van der Waals surface area contributed by atoms with Crippen LogP contribution in [0, 0.1) is 0 Å². The Bertz CT molecular complexity index is 472. The number of nitrogens with zero attached hydrogens (tertiary/aromatic N) is 1. The SMILES string of the molecule is C=CCCNc1nc2ccc(N)cc2[nH]1. The van der Waals surface area contributed by atoms with E-state index in [0.717, 1.165) is 35.6 Å². The van der Waals surface area contributed by atoms with Crippen molar-refractivity contribution >= 4 is 22.7 Å². The van der Waals surface area contributed by atoms with Gasteiger partial charge in [-0.15, -0.1) is 6.58 Å². The lowest BCUT2D eigenvalue weighted by molar-refractivity contribution is 1.04. The van der Waals surface area contributed by atoms with Gasteiger partial charge in [-0.25, -0.2) is 4.98 Å². The number of anilines is 2. The van der Waals surface area contributed by atoms with Gasteiger partial charge in [-0.1, -0.05) is 6.08 Å². The Balaban J connectivity index is 2.19. The standard InChI is InChI=1S/C11H14N4/c1-2-3-6-13-11-14-9-5-4-8(12)7-10(9)15-11/h2,4-5,7H,1,3,6,12H2,(H2,13,14,15). The maximum Gasteiger partial charge on any atom is 0.201 e. The van der Waals surface area contributed by atoms with E-state index in [9.17, 15) is 0 Å². The molecule has 15 heavy (non-hydrogen) atoms. The molecule has 0 fully saturated rings. The highest BCUT2D eigenvalue weighted by Crippen LogP contribution is 2.16. The van der Waals surface area contributed by atoms with Crippen molar-refractivity contribution in [3.05, 3.63) is 30.9 Å². The van der Waals surface area contributed by atoms with Crippen LogP contribution in [0.15, 0.2) is 30.9 Å². The summed E-state index contributed by atoms with van der Waals surface area (Å²) in [5.74, 6) is 0.775. The second-order valence-corrected chi connectivity index (χ2v) is 3.37. The van der Waals surface area contributed by atoms with Gasteiger partial charge in [0.05, 0.1) is 11.0 Å². The number of fused-ring (bicyclic) bond motifs is 1. The number of imidazole rings is 1. The first-order valence-electron chi connectivity index (χ1n) is 4.89. The number of nitrogens with two attached hydrogens (primary N) is 1. The van der Waals surface area contributed by atoms with Gasteiger partial charge in [-0.05, 0) is 24.6 Å². The Labute approximate surface area is 88.2 Å². The van der Waals surface area contributed by atoms with Crippen molar-refractivity contribution in [2.75, 3.05) is 17.6 Å². The molecule has 0 bridgehead atoms. The molecule has 0 aliphatic heterocycles. The van der Waals surface area contributed by atoms with E-state index in [1.54, 1.807) is 0 Å². The van der Waals surface area contributed by atoms with E-state index in [-0.39, 0.29) is 0 Å². The number of nitrogen functional groups attached to an aromatic ring is 1. The molecular weight excluding hydrogens is 188 g/mol. The summed E-state index contributed by atoms with van der Waals surface area (Å²) in [6.45, 7) is 4.49. The summed E-state index contributed by atoms with van der Waals surface area (Å²) in [7, 11) is 0. The van der Waals surface area contributed by atoms with Gasteiger partial charge in [0.25, 0.3) is 0 Å². The van der Waals surface area contributed by atoms with Crippen molar-refractivity contribution in [2.45, 2.75) is 6.42 Å². The monoisotopic (exact) mass is 202 g/mol. The zero-order chi connectivity index (χ0) is 10.7. The maximum absolute atomic E-state index is 5.67. The molecule has 0 aliphatic carbocycles. The van der Waals surface area contributed by atoms with Crippen LogP contribution in [0.1, 0.15) is 6.42 Å². The number of H-pyrrole nitrogens is 1. The van der Waals surface area contributed by atoms with Crippen molar-refractivity contribution in [3.63, 3.8) is 0 Å². The van der Waals surface area contributed by atoms with Crippen molar-refractivity contribution in [3.8, 4) is 0 Å². The Kier molecular flexibility index (Phi) is 2.58. The van der Waals surface area contributed by atoms with Crippen molar-refractivity contribution in [2.24, 2.45) is 0 Å². The quantitative estimate of drug-likeness (QED) is 0.404. The number of rotatable bonds is 4. The summed E-state index contributed by atoms with van der Waals surface area (Å²) in [4.78, 5) is 7.53. The van der Waals surface area contributed by atoms with E-state index in [0.29, 0.717) is 0 Å². The summed E-state index contributed by atoms with van der Waals surface area (Å²) < 4.78 is 0. The molecule has 0 atom stereocenters. The van der Waals surface area contributed by atoms with Gasteiger partial charge < -0.3 is 16.0 Å². The molecule has 0 aliphatic rings. The third-order valence-corrected chi connectivity index (χ3v) is 2.15. The first-order valence-corrected chi connectivity index (χ1v) is 4.89. The first-order chi connectivity index (χ1) is 7.29. The highest BCUT2D eigenvalue weighted by atomic mass is 15.1. The van der Waals surface area contributed by atoms with E-state index in [2.05, 4.69) is 21.9 Å². The van der Waals surface area contributed by atoms with Gasteiger partial charge in [0, 0.05) is 12.2 Å². The lowest BCUT2D eigenvalue weighted by Gasteiger charge is -1.97. The van der Waals surface area contributed by atoms with Crippen molar-refractivity contribution < 1.29 is 0 Å². The van der Waals surface area contributed by atoms with Crippen LogP contribution in [0.5, 0.6) is 0 Å². The minimum atomic E-state index is 0.740. The fraction of sp³-hybridized carbons (Fsp3) is 0.182. The molecular formula is C11H14N4. The molecule has 1 aromatic carbocycles. The normalized spacial score (nSPS) is 10.4. The largest absolute Gasteiger partial charge is 0.399 e. The van der Waals surface area contributed by atoms with E-state index in [1.807, 2.05) is 24.3 Å². The van der Waals surface area contributed by atoms with Crippen LogP contribution in [-0.4, -0.2) is 16.5 Å². The number of aromatic amines is 1. The molecule has 4 nitrogen and oxygen atoms in total. The minimum Gasteiger partial charge on any atom is -0.399 e. The molecule has 0 radical (unpaired) electrons. The van der Waals surface area contributed by atoms with Crippen LogP contribution < -0.4 is 11.1 Å². The second-order valence-electron chi connectivity index (χ2n) is 3.37. The highest BCUT2D eigenvalue weighted by Gasteiger charge is 2.01. The minimum absolute atomic E-state index is 0.740. The van der Waals surface area contributed by atoms with Gasteiger partial charge in [0.1, 0.15) is 0 Å². The first kappa shape index (κ1) is 9.58. The van der Waals surface area contributed by atoms with Crippen LogP contribution in [0.25, 0.3) is 11.0 Å². The molecule has 0 unspecified atom stereocenters. The Hall–Kier alpha value is -1.97. The van der Waals surface area contributed by atoms with Gasteiger partial charge in [-0.3, -0.25) is 0 Å². The molecule has 78 valence electrons. The molecule has 0 saturated carbocycles. The molecule has 4 heteroatoms. The predicted octanol–water partition coefficient (Wildman–Crippen LogP) is 2.13. The second kappa shape index (κ2) is 4.04. The molecule has 2 aromatic rings. The molecule has 2 rings (SSSR count). The van der Waals surface area contributed by atoms with Crippen LogP contribution in [0.4, 0.5) is 11.6 Å². The van der Waals surface area contributed by atoms with Crippen molar-refractivity contribution in [1.82, 2.24) is 9.97 Å². The topological polar surface area (TPSA) is 66.7 Å². The summed E-state index contributed by atoms with van der Waals surface area (Å²) in [6.07, 6.45) is 2.78. The van der Waals surface area contributed by atoms with Crippen LogP contribution in [-0.2, 0) is 0 Å². The van der Waals surface area contributed by atoms with Crippen LogP contribution in [0.3, 0.4) is 0 Å². The Morgan fingerprint density at radius 1 is 1.53 bits per heavy atom. The highest BCUT2D eigenvalue weighted by molar-refractivity contribution is 5.80. The maximum atomic E-state index is 5.67. The lowest BCUT2D eigenvalue weighted by atomic mass is 10.3. The van der Waals surface area contributed by atoms with Gasteiger partial charge in [0.2, 0.25) is 5.95 Å². The third kappa shape index (κ3) is 2.10. The van der Waals surface area contributed by atoms with Gasteiger partial charge >= 0.3 is 0 Å². The summed E-state index contributed by atoms with van der Waals surface area (Å²) in [5, 5.41) is 3.18. The average molecular weight is 202 g/mol. The smallest absolute Gasteiger partial charge is 0.201 e. The summed E-state index contributed by atoms with van der Waals surface area (Å²) in [5.41, 5.74) is 8.29. The van der Waals surface area contributed by atoms with E-state index in [1.165, 1.54) is 0 Å². The fourth-order valence-corrected chi connectivity index (χ4v) is 1.40. The number of nitrogens with one attached hydrogen (secondary N) is 2. The zero-order valence-corrected chi connectivity index (χ0v) is 8.46. The van der Waals surface area contributed by atoms with Gasteiger partial charge in [-0.2, -0.15) is 0 Å². The lowest BCUT2D eigenvalue weighted by Crippen LogP contribution is -2.01.